The van der Waals surface area contributed by atoms with Gasteiger partial charge >= 0.3 is 0 Å². The average molecular weight is 481 g/mol. The fourth-order valence-electron chi connectivity index (χ4n) is 3.61. The largest absolute Gasteiger partial charge is 0.381 e. The smallest absolute Gasteiger partial charge is 0.240 e. The molecule has 1 fully saturated rings. The van der Waals surface area contributed by atoms with Crippen LogP contribution >= 0.6 is 15.9 Å². The summed E-state index contributed by atoms with van der Waals surface area (Å²) in [7, 11) is -3.62. The van der Waals surface area contributed by atoms with Crippen molar-refractivity contribution in [2.24, 2.45) is 0 Å². The quantitative estimate of drug-likeness (QED) is 0.660. The van der Waals surface area contributed by atoms with Crippen molar-refractivity contribution in [3.63, 3.8) is 0 Å². The van der Waals surface area contributed by atoms with Crippen LogP contribution in [-0.4, -0.2) is 46.9 Å². The van der Waals surface area contributed by atoms with Crippen molar-refractivity contribution >= 4 is 37.5 Å². The normalized spacial score (nSPS) is 16.2. The summed E-state index contributed by atoms with van der Waals surface area (Å²) in [5.41, 5.74) is 1.39. The van der Waals surface area contributed by atoms with Gasteiger partial charge in [0.1, 0.15) is 6.54 Å². The predicted molar refractivity (Wildman–Crippen MR) is 118 cm³/mol. The number of nitrogens with one attached hydrogen (secondary N) is 1. The number of amides is 1. The molecule has 0 aliphatic carbocycles. The van der Waals surface area contributed by atoms with E-state index < -0.39 is 10.0 Å². The number of halogens is 1. The molecular weight excluding hydrogens is 456 g/mol. The van der Waals surface area contributed by atoms with Gasteiger partial charge in [0, 0.05) is 29.6 Å². The topological polar surface area (TPSA) is 75.7 Å². The standard InChI is InChI=1S/C21H25BrN2O4S/c1-29(26,27)24(19-10-6-5-9-18(19)22)15-20(25)23-16-21(11-13-28-14-12-21)17-7-3-2-4-8-17/h2-10H,11-16H2,1H3,(H,23,25). The lowest BCUT2D eigenvalue weighted by molar-refractivity contribution is -0.120. The zero-order valence-corrected chi connectivity index (χ0v) is 18.7. The van der Waals surface area contributed by atoms with Crippen molar-refractivity contribution in [1.29, 1.82) is 0 Å². The van der Waals surface area contributed by atoms with Gasteiger partial charge in [-0.3, -0.25) is 9.10 Å². The minimum Gasteiger partial charge on any atom is -0.381 e. The van der Waals surface area contributed by atoms with E-state index in [2.05, 4.69) is 33.4 Å². The Kier molecular flexibility index (Phi) is 6.97. The average Bonchev–Trinajstić information content (AvgIpc) is 2.72. The number of anilines is 1. The Morgan fingerprint density at radius 2 is 1.72 bits per heavy atom. The Morgan fingerprint density at radius 3 is 2.34 bits per heavy atom. The fourth-order valence-corrected chi connectivity index (χ4v) is 5.09. The molecule has 2 aromatic rings. The van der Waals surface area contributed by atoms with Gasteiger partial charge in [-0.2, -0.15) is 0 Å². The Balaban J connectivity index is 1.75. The summed E-state index contributed by atoms with van der Waals surface area (Å²) >= 11 is 3.37. The number of benzene rings is 2. The lowest BCUT2D eigenvalue weighted by atomic mass is 9.74. The number of rotatable bonds is 7. The minimum absolute atomic E-state index is 0.210. The van der Waals surface area contributed by atoms with E-state index in [1.54, 1.807) is 24.3 Å². The second-order valence-corrected chi connectivity index (χ2v) is 10.0. The number of carbonyl (C=O) groups excluding carboxylic acids is 1. The van der Waals surface area contributed by atoms with Crippen LogP contribution in [0.1, 0.15) is 18.4 Å². The monoisotopic (exact) mass is 480 g/mol. The summed E-state index contributed by atoms with van der Waals surface area (Å²) in [5.74, 6) is -0.340. The molecule has 0 radical (unpaired) electrons. The zero-order chi connectivity index (χ0) is 20.9. The van der Waals surface area contributed by atoms with Gasteiger partial charge < -0.3 is 10.1 Å². The van der Waals surface area contributed by atoms with E-state index in [0.29, 0.717) is 29.9 Å². The van der Waals surface area contributed by atoms with Gasteiger partial charge in [-0.15, -0.1) is 0 Å². The molecule has 0 bridgehead atoms. The number of ether oxygens (including phenoxy) is 1. The van der Waals surface area contributed by atoms with Crippen LogP contribution in [0, 0.1) is 0 Å². The molecule has 1 heterocycles. The van der Waals surface area contributed by atoms with Crippen molar-refractivity contribution in [3.05, 3.63) is 64.6 Å². The number of sulfonamides is 1. The van der Waals surface area contributed by atoms with Crippen LogP contribution in [0.3, 0.4) is 0 Å². The molecule has 0 aromatic heterocycles. The summed E-state index contributed by atoms with van der Waals surface area (Å²) < 4.78 is 31.9. The molecule has 0 saturated carbocycles. The van der Waals surface area contributed by atoms with Crippen LogP contribution in [0.2, 0.25) is 0 Å². The van der Waals surface area contributed by atoms with E-state index in [1.807, 2.05) is 18.2 Å². The first-order valence-electron chi connectivity index (χ1n) is 9.44. The van der Waals surface area contributed by atoms with Gasteiger partial charge in [0.05, 0.1) is 11.9 Å². The lowest BCUT2D eigenvalue weighted by Crippen LogP contribution is -2.47. The van der Waals surface area contributed by atoms with Gasteiger partial charge in [-0.25, -0.2) is 8.42 Å². The van der Waals surface area contributed by atoms with E-state index in [4.69, 9.17) is 4.74 Å². The predicted octanol–water partition coefficient (Wildman–Crippen LogP) is 3.08. The van der Waals surface area contributed by atoms with Crippen LogP contribution in [-0.2, 0) is 25.0 Å². The van der Waals surface area contributed by atoms with Crippen molar-refractivity contribution in [1.82, 2.24) is 5.32 Å². The van der Waals surface area contributed by atoms with Crippen molar-refractivity contribution in [3.8, 4) is 0 Å². The highest BCUT2D eigenvalue weighted by Crippen LogP contribution is 2.34. The molecule has 1 amide bonds. The van der Waals surface area contributed by atoms with E-state index in [9.17, 15) is 13.2 Å². The minimum atomic E-state index is -3.62. The maximum atomic E-state index is 12.7. The van der Waals surface area contributed by atoms with Gasteiger partial charge in [-0.05, 0) is 46.5 Å². The van der Waals surface area contributed by atoms with Gasteiger partial charge in [-0.1, -0.05) is 42.5 Å². The molecule has 3 rings (SSSR count). The molecule has 0 atom stereocenters. The molecule has 29 heavy (non-hydrogen) atoms. The van der Waals surface area contributed by atoms with E-state index in [1.165, 1.54) is 0 Å². The number of hydrogen-bond donors (Lipinski definition) is 1. The number of hydrogen-bond acceptors (Lipinski definition) is 4. The van der Waals surface area contributed by atoms with Gasteiger partial charge in [0.15, 0.2) is 0 Å². The maximum Gasteiger partial charge on any atom is 0.240 e. The molecule has 1 saturated heterocycles. The Hall–Kier alpha value is -1.90. The second-order valence-electron chi connectivity index (χ2n) is 7.26. The van der Waals surface area contributed by atoms with Crippen molar-refractivity contribution < 1.29 is 17.9 Å². The first-order chi connectivity index (χ1) is 13.8. The highest BCUT2D eigenvalue weighted by atomic mass is 79.9. The first kappa shape index (κ1) is 21.8. The van der Waals surface area contributed by atoms with Gasteiger partial charge in [0.2, 0.25) is 15.9 Å². The summed E-state index contributed by atoms with van der Waals surface area (Å²) in [5, 5.41) is 2.97. The third-order valence-corrected chi connectivity index (χ3v) is 7.07. The SMILES string of the molecule is CS(=O)(=O)N(CC(=O)NCC1(c2ccccc2)CCOCC1)c1ccccc1Br. The van der Waals surface area contributed by atoms with E-state index >= 15 is 0 Å². The van der Waals surface area contributed by atoms with Crippen molar-refractivity contribution in [2.75, 3.05) is 36.9 Å². The zero-order valence-electron chi connectivity index (χ0n) is 16.3. The van der Waals surface area contributed by atoms with Crippen LogP contribution < -0.4 is 9.62 Å². The Labute approximate surface area is 180 Å². The summed E-state index contributed by atoms with van der Waals surface area (Å²) in [6.07, 6.45) is 2.71. The third kappa shape index (κ3) is 5.38. The van der Waals surface area contributed by atoms with Crippen LogP contribution in [0.4, 0.5) is 5.69 Å². The summed E-state index contributed by atoms with van der Waals surface area (Å²) in [6.45, 7) is 1.43. The van der Waals surface area contributed by atoms with Gasteiger partial charge in [0.25, 0.3) is 0 Å². The molecule has 0 unspecified atom stereocenters. The Bertz CT molecular complexity index is 944. The fraction of sp³-hybridized carbons (Fsp3) is 0.381. The molecular formula is C21H25BrN2O4S. The highest BCUT2D eigenvalue weighted by molar-refractivity contribution is 9.10. The Morgan fingerprint density at radius 1 is 1.10 bits per heavy atom. The van der Waals surface area contributed by atoms with Crippen LogP contribution in [0.25, 0.3) is 0 Å². The van der Waals surface area contributed by atoms with Crippen LogP contribution in [0.5, 0.6) is 0 Å². The van der Waals surface area contributed by atoms with E-state index in [-0.39, 0.29) is 17.9 Å². The molecule has 1 aliphatic heterocycles. The maximum absolute atomic E-state index is 12.7. The van der Waals surface area contributed by atoms with Crippen LogP contribution in [0.15, 0.2) is 59.1 Å². The summed E-state index contributed by atoms with van der Waals surface area (Å²) in [4.78, 5) is 12.7. The molecule has 6 nitrogen and oxygen atoms in total. The number of carbonyl (C=O) groups is 1. The molecule has 8 heteroatoms. The molecule has 0 spiro atoms. The highest BCUT2D eigenvalue weighted by Gasteiger charge is 2.35. The number of nitrogens with zero attached hydrogens (tertiary/aromatic N) is 1. The van der Waals surface area contributed by atoms with E-state index in [0.717, 1.165) is 29.0 Å². The molecule has 156 valence electrons. The number of para-hydroxylation sites is 1. The molecule has 1 N–H and O–H groups in total. The molecule has 2 aromatic carbocycles. The summed E-state index contributed by atoms with van der Waals surface area (Å²) in [6, 6.07) is 17.0. The second kappa shape index (κ2) is 9.28. The lowest BCUT2D eigenvalue weighted by Gasteiger charge is -2.38. The molecule has 1 aliphatic rings. The third-order valence-electron chi connectivity index (χ3n) is 5.27. The first-order valence-corrected chi connectivity index (χ1v) is 12.1. The van der Waals surface area contributed by atoms with Crippen molar-refractivity contribution in [2.45, 2.75) is 18.3 Å².